The molecule has 22 heavy (non-hydrogen) atoms. The van der Waals surface area contributed by atoms with Gasteiger partial charge in [-0.3, -0.25) is 4.79 Å². The topological polar surface area (TPSA) is 74.2 Å². The predicted molar refractivity (Wildman–Crippen MR) is 91.1 cm³/mol. The smallest absolute Gasteiger partial charge is 0.251 e. The fraction of sp³-hybridized carbons (Fsp3) is 0.529. The summed E-state index contributed by atoms with van der Waals surface area (Å²) >= 11 is 0. The summed E-state index contributed by atoms with van der Waals surface area (Å²) in [5, 5.41) is 14.0. The van der Waals surface area contributed by atoms with Gasteiger partial charge in [-0.1, -0.05) is 13.8 Å². The first-order chi connectivity index (χ1) is 10.6. The van der Waals surface area contributed by atoms with Gasteiger partial charge in [0, 0.05) is 48.8 Å². The normalized spacial score (nSPS) is 14.5. The van der Waals surface area contributed by atoms with Crippen LogP contribution in [0.4, 0.5) is 5.69 Å². The summed E-state index contributed by atoms with van der Waals surface area (Å²) < 4.78 is 5.35. The number of amides is 1. The fourth-order valence-electron chi connectivity index (χ4n) is 2.33. The van der Waals surface area contributed by atoms with Crippen molar-refractivity contribution in [3.8, 4) is 0 Å². The summed E-state index contributed by atoms with van der Waals surface area (Å²) in [7, 11) is 1.60. The summed E-state index contributed by atoms with van der Waals surface area (Å²) in [4.78, 5) is 11.7. The molecule has 1 fully saturated rings. The van der Waals surface area contributed by atoms with Gasteiger partial charge in [0.05, 0.1) is 0 Å². The number of benzene rings is 1. The van der Waals surface area contributed by atoms with E-state index in [4.69, 9.17) is 10.1 Å². The molecule has 1 aliphatic heterocycles. The van der Waals surface area contributed by atoms with Gasteiger partial charge in [0.2, 0.25) is 0 Å². The van der Waals surface area contributed by atoms with Crippen molar-refractivity contribution in [3.63, 3.8) is 0 Å². The fourth-order valence-corrected chi connectivity index (χ4v) is 2.33. The van der Waals surface area contributed by atoms with Gasteiger partial charge in [-0.15, -0.1) is 0 Å². The number of ether oxygens (including phenoxy) is 1. The van der Waals surface area contributed by atoms with Crippen molar-refractivity contribution in [2.24, 2.45) is 0 Å². The summed E-state index contributed by atoms with van der Waals surface area (Å²) in [6.07, 6.45) is 1.93. The molecule has 1 aliphatic rings. The quantitative estimate of drug-likeness (QED) is 0.748. The molecule has 1 saturated heterocycles. The molecule has 122 valence electrons. The van der Waals surface area contributed by atoms with Crippen molar-refractivity contribution < 1.29 is 9.53 Å². The van der Waals surface area contributed by atoms with Crippen molar-refractivity contribution in [1.82, 2.24) is 5.32 Å². The molecule has 5 nitrogen and oxygen atoms in total. The number of hydrogen-bond donors (Lipinski definition) is 3. The van der Waals surface area contributed by atoms with Crippen LogP contribution in [-0.4, -0.2) is 37.9 Å². The molecule has 0 atom stereocenters. The molecule has 1 aromatic carbocycles. The molecule has 1 amide bonds. The van der Waals surface area contributed by atoms with E-state index in [0.717, 1.165) is 37.3 Å². The highest BCUT2D eigenvalue weighted by molar-refractivity contribution is 6.04. The highest BCUT2D eigenvalue weighted by Gasteiger charge is 2.16. The van der Waals surface area contributed by atoms with Crippen molar-refractivity contribution in [2.45, 2.75) is 39.7 Å². The first-order valence-corrected chi connectivity index (χ1v) is 7.87. The molecule has 5 heteroatoms. The second-order valence-corrected chi connectivity index (χ2v) is 5.00. The van der Waals surface area contributed by atoms with Crippen molar-refractivity contribution in [2.75, 3.05) is 25.6 Å². The van der Waals surface area contributed by atoms with E-state index >= 15 is 0 Å². The molecular formula is C17H27N3O2. The Morgan fingerprint density at radius 2 is 1.91 bits per heavy atom. The van der Waals surface area contributed by atoms with Gasteiger partial charge in [-0.2, -0.15) is 0 Å². The molecule has 0 unspecified atom stereocenters. The van der Waals surface area contributed by atoms with E-state index in [0.29, 0.717) is 17.3 Å². The molecule has 0 aliphatic carbocycles. The van der Waals surface area contributed by atoms with Gasteiger partial charge < -0.3 is 20.8 Å². The summed E-state index contributed by atoms with van der Waals surface area (Å²) in [5.41, 5.74) is 2.71. The standard InChI is InChI=1S/C15H21N3O2.C2H6/c1-10(16)13-9-11(15(19)17-2)3-4-14(13)18-12-5-7-20-8-6-12;1-2/h3-4,9,12,16,18H,5-8H2,1-2H3,(H,17,19);1-2H3. The van der Waals surface area contributed by atoms with Gasteiger partial charge in [0.25, 0.3) is 5.91 Å². The van der Waals surface area contributed by atoms with Crippen molar-refractivity contribution >= 4 is 17.3 Å². The Morgan fingerprint density at radius 1 is 1.27 bits per heavy atom. The molecule has 1 aromatic rings. The Kier molecular flexibility index (Phi) is 7.60. The minimum Gasteiger partial charge on any atom is -0.382 e. The Bertz CT molecular complexity index is 509. The third kappa shape index (κ3) is 4.84. The van der Waals surface area contributed by atoms with E-state index in [1.807, 2.05) is 19.9 Å². The minimum atomic E-state index is -0.134. The summed E-state index contributed by atoms with van der Waals surface area (Å²) in [5.74, 6) is -0.134. The van der Waals surface area contributed by atoms with E-state index in [-0.39, 0.29) is 5.91 Å². The SMILES string of the molecule is CC.CNC(=O)c1ccc(NC2CCOCC2)c(C(C)=N)c1. The van der Waals surface area contributed by atoms with Crippen LogP contribution < -0.4 is 10.6 Å². The van der Waals surface area contributed by atoms with Crippen LogP contribution in [-0.2, 0) is 4.74 Å². The maximum absolute atomic E-state index is 11.7. The van der Waals surface area contributed by atoms with Gasteiger partial charge in [0.1, 0.15) is 0 Å². The van der Waals surface area contributed by atoms with Gasteiger partial charge in [0.15, 0.2) is 0 Å². The predicted octanol–water partition coefficient (Wildman–Crippen LogP) is 3.05. The molecular weight excluding hydrogens is 278 g/mol. The van der Waals surface area contributed by atoms with Crippen LogP contribution in [0.2, 0.25) is 0 Å². The van der Waals surface area contributed by atoms with Crippen molar-refractivity contribution in [3.05, 3.63) is 29.3 Å². The van der Waals surface area contributed by atoms with E-state index in [1.54, 1.807) is 26.1 Å². The third-order valence-electron chi connectivity index (χ3n) is 3.49. The van der Waals surface area contributed by atoms with E-state index < -0.39 is 0 Å². The second kappa shape index (κ2) is 9.20. The van der Waals surface area contributed by atoms with Gasteiger partial charge in [-0.05, 0) is 38.0 Å². The lowest BCUT2D eigenvalue weighted by Crippen LogP contribution is -2.28. The highest BCUT2D eigenvalue weighted by atomic mass is 16.5. The maximum Gasteiger partial charge on any atom is 0.251 e. The lowest BCUT2D eigenvalue weighted by Gasteiger charge is -2.25. The van der Waals surface area contributed by atoms with Crippen LogP contribution in [0.25, 0.3) is 0 Å². The average molecular weight is 305 g/mol. The van der Waals surface area contributed by atoms with Crippen LogP contribution in [0.3, 0.4) is 0 Å². The molecule has 1 heterocycles. The monoisotopic (exact) mass is 305 g/mol. The summed E-state index contributed by atoms with van der Waals surface area (Å²) in [6, 6.07) is 5.80. The second-order valence-electron chi connectivity index (χ2n) is 5.00. The Hall–Kier alpha value is -1.88. The van der Waals surface area contributed by atoms with Gasteiger partial charge in [-0.25, -0.2) is 0 Å². The van der Waals surface area contributed by atoms with E-state index in [1.165, 1.54) is 0 Å². The zero-order valence-electron chi connectivity index (χ0n) is 14.0. The number of nitrogens with one attached hydrogen (secondary N) is 3. The zero-order valence-corrected chi connectivity index (χ0v) is 14.0. The van der Waals surface area contributed by atoms with Gasteiger partial charge >= 0.3 is 0 Å². The van der Waals surface area contributed by atoms with Crippen LogP contribution >= 0.6 is 0 Å². The highest BCUT2D eigenvalue weighted by Crippen LogP contribution is 2.22. The van der Waals surface area contributed by atoms with Crippen LogP contribution in [0, 0.1) is 5.41 Å². The lowest BCUT2D eigenvalue weighted by atomic mass is 10.0. The zero-order chi connectivity index (χ0) is 16.5. The number of carbonyl (C=O) groups is 1. The molecule has 3 N–H and O–H groups in total. The van der Waals surface area contributed by atoms with Crippen LogP contribution in [0.5, 0.6) is 0 Å². The molecule has 0 aromatic heterocycles. The van der Waals surface area contributed by atoms with E-state index in [2.05, 4.69) is 10.6 Å². The Morgan fingerprint density at radius 3 is 2.45 bits per heavy atom. The molecule has 0 saturated carbocycles. The van der Waals surface area contributed by atoms with Crippen LogP contribution in [0.1, 0.15) is 49.5 Å². The number of rotatable bonds is 4. The lowest BCUT2D eigenvalue weighted by molar-refractivity contribution is 0.0904. The van der Waals surface area contributed by atoms with E-state index in [9.17, 15) is 4.79 Å². The van der Waals surface area contributed by atoms with Crippen molar-refractivity contribution in [1.29, 1.82) is 5.41 Å². The maximum atomic E-state index is 11.7. The number of hydrogen-bond acceptors (Lipinski definition) is 4. The Balaban J connectivity index is 0.00000116. The number of carbonyl (C=O) groups excluding carboxylic acids is 1. The largest absolute Gasteiger partial charge is 0.382 e. The molecule has 0 radical (unpaired) electrons. The third-order valence-corrected chi connectivity index (χ3v) is 3.49. The minimum absolute atomic E-state index is 0.134. The Labute approximate surface area is 133 Å². The molecule has 0 spiro atoms. The molecule has 2 rings (SSSR count). The summed E-state index contributed by atoms with van der Waals surface area (Å²) in [6.45, 7) is 7.28. The number of anilines is 1. The van der Waals surface area contributed by atoms with Crippen LogP contribution in [0.15, 0.2) is 18.2 Å². The first kappa shape index (κ1) is 18.2. The first-order valence-electron chi connectivity index (χ1n) is 7.87. The average Bonchev–Trinajstić information content (AvgIpc) is 2.57. The molecule has 0 bridgehead atoms.